The van der Waals surface area contributed by atoms with Crippen LogP contribution in [0.25, 0.3) is 10.9 Å². The molecule has 0 spiro atoms. The van der Waals surface area contributed by atoms with Crippen molar-refractivity contribution in [2.24, 2.45) is 0 Å². The van der Waals surface area contributed by atoms with Gasteiger partial charge in [0.1, 0.15) is 17.7 Å². The molecule has 4 aromatic rings. The lowest BCUT2D eigenvalue weighted by Crippen LogP contribution is -2.33. The lowest BCUT2D eigenvalue weighted by atomic mass is 10.1. The van der Waals surface area contributed by atoms with Gasteiger partial charge < -0.3 is 10.2 Å². The molecule has 10 heteroatoms. The van der Waals surface area contributed by atoms with Gasteiger partial charge in [0.05, 0.1) is 18.4 Å². The number of nitrogens with one attached hydrogen (secondary N) is 1. The van der Waals surface area contributed by atoms with E-state index < -0.39 is 23.1 Å². The summed E-state index contributed by atoms with van der Waals surface area (Å²) < 4.78 is 27.9. The van der Waals surface area contributed by atoms with E-state index in [1.54, 1.807) is 6.33 Å². The molecule has 2 aromatic heterocycles. The Labute approximate surface area is 199 Å². The molecule has 1 N–H and O–H groups in total. The van der Waals surface area contributed by atoms with Crippen LogP contribution in [0.3, 0.4) is 0 Å². The van der Waals surface area contributed by atoms with Gasteiger partial charge >= 0.3 is 0 Å². The van der Waals surface area contributed by atoms with Gasteiger partial charge in [0, 0.05) is 31.2 Å². The first-order valence-corrected chi connectivity index (χ1v) is 11.1. The summed E-state index contributed by atoms with van der Waals surface area (Å²) in [6.07, 6.45) is 6.26. The summed E-state index contributed by atoms with van der Waals surface area (Å²) in [7, 11) is 2.02. The first kappa shape index (κ1) is 22.6. The Morgan fingerprint density at radius 2 is 1.91 bits per heavy atom. The van der Waals surface area contributed by atoms with Crippen molar-refractivity contribution < 1.29 is 13.6 Å². The second-order valence-electron chi connectivity index (χ2n) is 8.56. The van der Waals surface area contributed by atoms with Crippen molar-refractivity contribution in [1.29, 1.82) is 0 Å². The highest BCUT2D eigenvalue weighted by atomic mass is 19.2. The van der Waals surface area contributed by atoms with E-state index in [-0.39, 0.29) is 18.7 Å². The molecular formula is C25H22F2N6O2. The third kappa shape index (κ3) is 4.72. The lowest BCUT2D eigenvalue weighted by Gasteiger charge is -2.19. The Morgan fingerprint density at radius 3 is 2.69 bits per heavy atom. The Morgan fingerprint density at radius 1 is 1.11 bits per heavy atom. The summed E-state index contributed by atoms with van der Waals surface area (Å²) in [4.78, 5) is 40.5. The fraction of sp³-hybridized carbons (Fsp3) is 0.240. The summed E-state index contributed by atoms with van der Waals surface area (Å²) in [5, 5.41) is 3.65. The number of aromatic nitrogens is 4. The molecule has 0 unspecified atom stereocenters. The highest BCUT2D eigenvalue weighted by molar-refractivity contribution is 5.94. The molecule has 0 bridgehead atoms. The number of halogens is 2. The molecule has 1 aliphatic carbocycles. The van der Waals surface area contributed by atoms with Gasteiger partial charge in [-0.05, 0) is 48.2 Å². The quantitative estimate of drug-likeness (QED) is 0.441. The molecule has 0 radical (unpaired) electrons. The lowest BCUT2D eigenvalue weighted by molar-refractivity contribution is 0.0948. The summed E-state index contributed by atoms with van der Waals surface area (Å²) in [6.45, 7) is 0.139. The van der Waals surface area contributed by atoms with Crippen molar-refractivity contribution >= 4 is 22.6 Å². The zero-order valence-corrected chi connectivity index (χ0v) is 18.9. The minimum Gasteiger partial charge on any atom is -0.356 e. The highest BCUT2D eigenvalue weighted by Gasteiger charge is 2.28. The van der Waals surface area contributed by atoms with Crippen molar-refractivity contribution in [1.82, 2.24) is 24.8 Å². The smallest absolute Gasteiger partial charge is 0.266 e. The van der Waals surface area contributed by atoms with Crippen LogP contribution in [0.2, 0.25) is 0 Å². The molecule has 178 valence electrons. The predicted octanol–water partition coefficient (Wildman–Crippen LogP) is 3.04. The predicted molar refractivity (Wildman–Crippen MR) is 126 cm³/mol. The topological polar surface area (TPSA) is 93.0 Å². The van der Waals surface area contributed by atoms with Crippen molar-refractivity contribution in [2.45, 2.75) is 32.0 Å². The number of carbonyl (C=O) groups excluding carboxylic acids is 1. The van der Waals surface area contributed by atoms with Gasteiger partial charge in [0.25, 0.3) is 11.5 Å². The van der Waals surface area contributed by atoms with Crippen LogP contribution in [0.1, 0.15) is 34.3 Å². The maximum Gasteiger partial charge on any atom is 0.266 e. The highest BCUT2D eigenvalue weighted by Crippen LogP contribution is 2.32. The molecule has 5 rings (SSSR count). The van der Waals surface area contributed by atoms with Gasteiger partial charge in [0.15, 0.2) is 11.6 Å². The monoisotopic (exact) mass is 476 g/mol. The van der Waals surface area contributed by atoms with Crippen LogP contribution in [-0.4, -0.2) is 38.5 Å². The fourth-order valence-electron chi connectivity index (χ4n) is 3.95. The summed E-state index contributed by atoms with van der Waals surface area (Å²) in [6, 6.07) is 9.53. The number of fused-ring (bicyclic) bond motifs is 1. The Balaban J connectivity index is 1.33. The van der Waals surface area contributed by atoms with E-state index in [0.29, 0.717) is 11.6 Å². The van der Waals surface area contributed by atoms with Crippen molar-refractivity contribution in [3.8, 4) is 0 Å². The number of nitrogens with zero attached hydrogens (tertiary/aromatic N) is 5. The Bertz CT molecular complexity index is 1480. The molecule has 1 amide bonds. The molecule has 2 aromatic carbocycles. The first-order chi connectivity index (χ1) is 16.9. The third-order valence-corrected chi connectivity index (χ3v) is 6.04. The van der Waals surface area contributed by atoms with E-state index in [1.807, 2.05) is 25.2 Å². The average Bonchev–Trinajstić information content (AvgIpc) is 3.71. The minimum absolute atomic E-state index is 0.0495. The zero-order valence-electron chi connectivity index (χ0n) is 18.9. The number of carbonyl (C=O) groups is 1. The standard InChI is InChI=1S/C25H22F2N6O2/c1-32(17-4-5-17)23-18-8-15(3-7-22(18)30-13-31-23)10-29-24(34)19-11-28-14-33(25(19)35)12-16-2-6-20(26)21(27)9-16/h2-3,6-9,11,13-14,17H,4-5,10,12H2,1H3,(H,29,34). The number of amides is 1. The molecule has 0 atom stereocenters. The molecule has 2 heterocycles. The van der Waals surface area contributed by atoms with Gasteiger partial charge in [-0.3, -0.25) is 14.2 Å². The van der Waals surface area contributed by atoms with E-state index in [2.05, 4.69) is 25.2 Å². The Kier molecular flexibility index (Phi) is 5.94. The average molecular weight is 476 g/mol. The van der Waals surface area contributed by atoms with Crippen LogP contribution in [0.4, 0.5) is 14.6 Å². The van der Waals surface area contributed by atoms with Gasteiger partial charge in [-0.15, -0.1) is 0 Å². The summed E-state index contributed by atoms with van der Waals surface area (Å²) in [5.41, 5.74) is 1.29. The molecule has 1 saturated carbocycles. The maximum atomic E-state index is 13.5. The van der Waals surface area contributed by atoms with Crippen LogP contribution in [0, 0.1) is 11.6 Å². The second kappa shape index (κ2) is 9.21. The SMILES string of the molecule is CN(c1ncnc2ccc(CNC(=O)c3cncn(Cc4ccc(F)c(F)c4)c3=O)cc12)C1CC1. The zero-order chi connectivity index (χ0) is 24.5. The number of rotatable bonds is 7. The molecule has 8 nitrogen and oxygen atoms in total. The van der Waals surface area contributed by atoms with Gasteiger partial charge in [0.2, 0.25) is 0 Å². The van der Waals surface area contributed by atoms with Gasteiger partial charge in [-0.2, -0.15) is 0 Å². The van der Waals surface area contributed by atoms with E-state index in [1.165, 1.54) is 23.2 Å². The van der Waals surface area contributed by atoms with E-state index in [0.717, 1.165) is 47.3 Å². The maximum absolute atomic E-state index is 13.5. The number of hydrogen-bond acceptors (Lipinski definition) is 6. The number of benzene rings is 2. The second-order valence-corrected chi connectivity index (χ2v) is 8.56. The van der Waals surface area contributed by atoms with Gasteiger partial charge in [-0.1, -0.05) is 12.1 Å². The Hall–Kier alpha value is -4.21. The van der Waals surface area contributed by atoms with E-state index >= 15 is 0 Å². The van der Waals surface area contributed by atoms with Crippen LogP contribution >= 0.6 is 0 Å². The largest absolute Gasteiger partial charge is 0.356 e. The van der Waals surface area contributed by atoms with Crippen LogP contribution in [-0.2, 0) is 13.1 Å². The van der Waals surface area contributed by atoms with Crippen LogP contribution in [0.15, 0.2) is 60.0 Å². The summed E-state index contributed by atoms with van der Waals surface area (Å²) >= 11 is 0. The molecule has 1 fully saturated rings. The number of anilines is 1. The van der Waals surface area contributed by atoms with Crippen LogP contribution < -0.4 is 15.8 Å². The molecule has 0 saturated heterocycles. The van der Waals surface area contributed by atoms with E-state index in [4.69, 9.17) is 0 Å². The fourth-order valence-corrected chi connectivity index (χ4v) is 3.95. The van der Waals surface area contributed by atoms with Crippen LogP contribution in [0.5, 0.6) is 0 Å². The van der Waals surface area contributed by atoms with Crippen molar-refractivity contribution in [3.05, 3.63) is 93.9 Å². The first-order valence-electron chi connectivity index (χ1n) is 11.1. The normalized spacial score (nSPS) is 13.1. The molecular weight excluding hydrogens is 454 g/mol. The minimum atomic E-state index is -1.01. The van der Waals surface area contributed by atoms with Gasteiger partial charge in [-0.25, -0.2) is 23.7 Å². The molecule has 35 heavy (non-hydrogen) atoms. The molecule has 0 aliphatic heterocycles. The van der Waals surface area contributed by atoms with E-state index in [9.17, 15) is 18.4 Å². The number of hydrogen-bond donors (Lipinski definition) is 1. The molecule has 1 aliphatic rings. The van der Waals surface area contributed by atoms with Crippen molar-refractivity contribution in [2.75, 3.05) is 11.9 Å². The summed E-state index contributed by atoms with van der Waals surface area (Å²) in [5.74, 6) is -1.72. The van der Waals surface area contributed by atoms with Crippen molar-refractivity contribution in [3.63, 3.8) is 0 Å². The third-order valence-electron chi connectivity index (χ3n) is 6.04.